The van der Waals surface area contributed by atoms with Crippen molar-refractivity contribution in [3.05, 3.63) is 29.8 Å². The summed E-state index contributed by atoms with van der Waals surface area (Å²) in [5.74, 6) is -0.740. The predicted molar refractivity (Wildman–Crippen MR) is 97.8 cm³/mol. The van der Waals surface area contributed by atoms with Gasteiger partial charge in [0.2, 0.25) is 15.9 Å². The van der Waals surface area contributed by atoms with Gasteiger partial charge in [0.1, 0.15) is 0 Å². The first-order valence-electron chi connectivity index (χ1n) is 8.44. The smallest absolute Gasteiger partial charge is 0.303 e. The van der Waals surface area contributed by atoms with Crippen LogP contribution in [0.3, 0.4) is 0 Å². The van der Waals surface area contributed by atoms with Crippen LogP contribution in [0.25, 0.3) is 0 Å². The first-order chi connectivity index (χ1) is 12.1. The minimum atomic E-state index is -3.74. The lowest BCUT2D eigenvalue weighted by Gasteiger charge is -2.20. The van der Waals surface area contributed by atoms with Gasteiger partial charge in [-0.2, -0.15) is 0 Å². The van der Waals surface area contributed by atoms with Gasteiger partial charge in [0, 0.05) is 13.0 Å². The predicted octanol–water partition coefficient (Wildman–Crippen LogP) is 0.819. The Bertz CT molecular complexity index is 702. The molecule has 0 unspecified atom stereocenters. The number of carboxylic acids is 1. The molecule has 1 rings (SSSR count). The average Bonchev–Trinajstić information content (AvgIpc) is 2.54. The van der Waals surface area contributed by atoms with Crippen LogP contribution in [-0.2, 0) is 26.2 Å². The fraction of sp³-hybridized carbons (Fsp3) is 0.529. The molecule has 0 aliphatic carbocycles. The van der Waals surface area contributed by atoms with Crippen LogP contribution in [0.2, 0.25) is 0 Å². The van der Waals surface area contributed by atoms with Gasteiger partial charge in [-0.15, -0.1) is 0 Å². The third kappa shape index (κ3) is 8.41. The number of carbonyl (C=O) groups excluding carboxylic acids is 1. The van der Waals surface area contributed by atoms with E-state index in [1.807, 2.05) is 13.8 Å². The molecule has 0 aliphatic heterocycles. The Hall–Kier alpha value is -1.97. The van der Waals surface area contributed by atoms with Crippen LogP contribution in [-0.4, -0.2) is 38.0 Å². The van der Waals surface area contributed by atoms with Gasteiger partial charge in [-0.1, -0.05) is 26.0 Å². The normalized spacial score (nSPS) is 12.8. The molecule has 0 aliphatic rings. The van der Waals surface area contributed by atoms with Crippen molar-refractivity contribution in [3.63, 3.8) is 0 Å². The number of nitrogens with one attached hydrogen (secondary N) is 2. The van der Waals surface area contributed by atoms with Crippen LogP contribution in [0.1, 0.15) is 38.7 Å². The van der Waals surface area contributed by atoms with Gasteiger partial charge >= 0.3 is 5.97 Å². The summed E-state index contributed by atoms with van der Waals surface area (Å²) in [5.41, 5.74) is 0.750. The van der Waals surface area contributed by atoms with Crippen molar-refractivity contribution in [2.24, 2.45) is 11.1 Å². The quantitative estimate of drug-likeness (QED) is 0.416. The number of hydrogen-bond acceptors (Lipinski definition) is 5. The second-order valence-electron chi connectivity index (χ2n) is 6.54. The maximum atomic E-state index is 12.4. The Morgan fingerprint density at radius 2 is 1.81 bits per heavy atom. The van der Waals surface area contributed by atoms with E-state index in [1.54, 1.807) is 12.1 Å². The lowest BCUT2D eigenvalue weighted by molar-refractivity contribution is -0.137. The van der Waals surface area contributed by atoms with E-state index in [9.17, 15) is 18.0 Å². The molecule has 8 nitrogen and oxygen atoms in total. The average molecular weight is 385 g/mol. The van der Waals surface area contributed by atoms with Crippen molar-refractivity contribution in [3.8, 4) is 0 Å². The number of nitrogens with two attached hydrogens (primary N) is 1. The van der Waals surface area contributed by atoms with Gasteiger partial charge < -0.3 is 15.7 Å². The van der Waals surface area contributed by atoms with E-state index in [-0.39, 0.29) is 23.8 Å². The molecule has 146 valence electrons. The first-order valence-corrected chi connectivity index (χ1v) is 9.99. The number of carbonyl (C=O) groups is 2. The van der Waals surface area contributed by atoms with Gasteiger partial charge in [-0.25, -0.2) is 13.6 Å². The number of hydrogen-bond donors (Lipinski definition) is 4. The minimum Gasteiger partial charge on any atom is -0.481 e. The Labute approximate surface area is 154 Å². The number of aliphatic carboxylic acids is 1. The van der Waals surface area contributed by atoms with E-state index in [0.717, 1.165) is 5.56 Å². The van der Waals surface area contributed by atoms with E-state index < -0.39 is 22.0 Å². The van der Waals surface area contributed by atoms with Crippen LogP contribution in [0, 0.1) is 5.92 Å². The highest BCUT2D eigenvalue weighted by Gasteiger charge is 2.19. The molecule has 5 N–H and O–H groups in total. The Kier molecular flexibility index (Phi) is 8.70. The number of carboxylic acid groups (broad SMARTS) is 1. The van der Waals surface area contributed by atoms with Crippen LogP contribution in [0.15, 0.2) is 29.2 Å². The zero-order valence-corrected chi connectivity index (χ0v) is 15.9. The third-order valence-electron chi connectivity index (χ3n) is 3.70. The van der Waals surface area contributed by atoms with Crippen molar-refractivity contribution in [1.82, 2.24) is 10.6 Å². The molecule has 0 radical (unpaired) electrons. The zero-order valence-electron chi connectivity index (χ0n) is 15.1. The maximum absolute atomic E-state index is 12.4. The molecule has 1 aromatic carbocycles. The molecular weight excluding hydrogens is 358 g/mol. The minimum absolute atomic E-state index is 0.0188. The van der Waals surface area contributed by atoms with E-state index in [0.29, 0.717) is 25.3 Å². The van der Waals surface area contributed by atoms with Crippen molar-refractivity contribution in [2.45, 2.75) is 50.6 Å². The van der Waals surface area contributed by atoms with Crippen LogP contribution >= 0.6 is 0 Å². The van der Waals surface area contributed by atoms with Crippen LogP contribution in [0.5, 0.6) is 0 Å². The largest absolute Gasteiger partial charge is 0.481 e. The molecule has 26 heavy (non-hydrogen) atoms. The van der Waals surface area contributed by atoms with E-state index in [4.69, 9.17) is 10.2 Å². The third-order valence-corrected chi connectivity index (χ3v) is 4.63. The van der Waals surface area contributed by atoms with E-state index >= 15 is 0 Å². The summed E-state index contributed by atoms with van der Waals surface area (Å²) in [7, 11) is -3.74. The summed E-state index contributed by atoms with van der Waals surface area (Å²) in [6.07, 6.45) is 1.13. The van der Waals surface area contributed by atoms with Crippen molar-refractivity contribution in [2.75, 3.05) is 6.54 Å². The molecule has 0 spiro atoms. The summed E-state index contributed by atoms with van der Waals surface area (Å²) in [6.45, 7) is 4.71. The molecule has 1 amide bonds. The summed E-state index contributed by atoms with van der Waals surface area (Å²) in [5, 5.41) is 19.6. The lowest BCUT2D eigenvalue weighted by atomic mass is 10.0. The number of amides is 1. The summed E-state index contributed by atoms with van der Waals surface area (Å²) in [6, 6.07) is 5.57. The van der Waals surface area contributed by atoms with Crippen LogP contribution < -0.4 is 15.8 Å². The lowest BCUT2D eigenvalue weighted by Crippen LogP contribution is -2.45. The zero-order chi connectivity index (χ0) is 19.7. The SMILES string of the molecule is CC(C)C[C@H](NCCCC(=O)O)C(=O)NCc1ccc(S(N)(=O)=O)cc1. The molecular formula is C17H27N3O5S. The van der Waals surface area contributed by atoms with Crippen LogP contribution in [0.4, 0.5) is 0 Å². The first kappa shape index (κ1) is 22.1. The van der Waals surface area contributed by atoms with Gasteiger partial charge in [-0.05, 0) is 43.0 Å². The van der Waals surface area contributed by atoms with Gasteiger partial charge in [0.15, 0.2) is 0 Å². The van der Waals surface area contributed by atoms with Crippen molar-refractivity contribution < 1.29 is 23.1 Å². The fourth-order valence-electron chi connectivity index (χ4n) is 2.38. The maximum Gasteiger partial charge on any atom is 0.303 e. The Morgan fingerprint density at radius 1 is 1.19 bits per heavy atom. The number of primary sulfonamides is 1. The molecule has 1 atom stereocenters. The highest BCUT2D eigenvalue weighted by molar-refractivity contribution is 7.89. The summed E-state index contributed by atoms with van der Waals surface area (Å²) < 4.78 is 22.5. The van der Waals surface area contributed by atoms with Crippen molar-refractivity contribution >= 4 is 21.9 Å². The molecule has 0 aromatic heterocycles. The standard InChI is InChI=1S/C17H27N3O5S/c1-12(2)10-15(19-9-3-4-16(21)22)17(23)20-11-13-5-7-14(8-6-13)26(18,24)25/h5-8,12,15,19H,3-4,9-11H2,1-2H3,(H,20,23)(H,21,22)(H2,18,24,25)/t15-/m0/s1. The van der Waals surface area contributed by atoms with E-state index in [2.05, 4.69) is 10.6 Å². The molecule has 0 fully saturated rings. The molecule has 0 heterocycles. The highest BCUT2D eigenvalue weighted by Crippen LogP contribution is 2.09. The van der Waals surface area contributed by atoms with Gasteiger partial charge in [0.05, 0.1) is 10.9 Å². The Balaban J connectivity index is 2.58. The molecule has 0 bridgehead atoms. The summed E-state index contributed by atoms with van der Waals surface area (Å²) in [4.78, 5) is 23.0. The Morgan fingerprint density at radius 3 is 2.31 bits per heavy atom. The second kappa shape index (κ2) is 10.2. The second-order valence-corrected chi connectivity index (χ2v) is 8.10. The molecule has 9 heteroatoms. The summed E-state index contributed by atoms with van der Waals surface area (Å²) >= 11 is 0. The molecule has 0 saturated heterocycles. The number of sulfonamides is 1. The van der Waals surface area contributed by atoms with E-state index in [1.165, 1.54) is 12.1 Å². The van der Waals surface area contributed by atoms with Crippen molar-refractivity contribution in [1.29, 1.82) is 0 Å². The molecule has 1 aromatic rings. The monoisotopic (exact) mass is 385 g/mol. The highest BCUT2D eigenvalue weighted by atomic mass is 32.2. The molecule has 0 saturated carbocycles. The topological polar surface area (TPSA) is 139 Å². The van der Waals surface area contributed by atoms with Gasteiger partial charge in [-0.3, -0.25) is 9.59 Å². The number of rotatable bonds is 11. The fourth-order valence-corrected chi connectivity index (χ4v) is 2.90. The van der Waals surface area contributed by atoms with Gasteiger partial charge in [0.25, 0.3) is 0 Å². The number of benzene rings is 1.